The topological polar surface area (TPSA) is 138 Å². The molecule has 0 aliphatic carbocycles. The Bertz CT molecular complexity index is 1400. The molecule has 4 rings (SSSR count). The number of H-pyrrole nitrogens is 1. The summed E-state index contributed by atoms with van der Waals surface area (Å²) in [6.45, 7) is 2.34. The first-order valence-electron chi connectivity index (χ1n) is 11.2. The van der Waals surface area contributed by atoms with Gasteiger partial charge in [-0.3, -0.25) is 9.79 Å². The Balaban J connectivity index is 1.67. The van der Waals surface area contributed by atoms with E-state index in [0.29, 0.717) is 41.8 Å². The average Bonchev–Trinajstić information content (AvgIpc) is 3.46. The molecule has 0 spiro atoms. The molecule has 0 saturated heterocycles. The molecular weight excluding hydrogens is 522 g/mol. The molecule has 3 heterocycles. The molecule has 0 saturated carbocycles. The van der Waals surface area contributed by atoms with Gasteiger partial charge in [0.05, 0.1) is 35.9 Å². The van der Waals surface area contributed by atoms with E-state index in [1.165, 1.54) is 37.0 Å². The zero-order valence-electron chi connectivity index (χ0n) is 20.7. The molecule has 1 aromatic carbocycles. The summed E-state index contributed by atoms with van der Waals surface area (Å²) in [6.07, 6.45) is 1.97. The van der Waals surface area contributed by atoms with Gasteiger partial charge in [-0.2, -0.15) is 0 Å². The molecule has 1 aliphatic heterocycles. The SMILES string of the molecule is COCC(COC)Oc1cc(Oc2ccc(S(C)(=O)=O)cn2)cc2cc(C3=NCC(OC(C)=O)S3)[nH]c12. The fraction of sp³-hybridized carbons (Fsp3) is 0.375. The first kappa shape index (κ1) is 26.9. The van der Waals surface area contributed by atoms with Crippen molar-refractivity contribution in [2.45, 2.75) is 23.4 Å². The van der Waals surface area contributed by atoms with Crippen LogP contribution in [0.2, 0.25) is 0 Å². The number of rotatable bonds is 11. The van der Waals surface area contributed by atoms with Gasteiger partial charge in [-0.05, 0) is 18.2 Å². The number of thioether (sulfide) groups is 1. The van der Waals surface area contributed by atoms with E-state index in [9.17, 15) is 13.2 Å². The van der Waals surface area contributed by atoms with Gasteiger partial charge in [0.25, 0.3) is 0 Å². The predicted octanol–water partition coefficient (Wildman–Crippen LogP) is 3.18. The minimum atomic E-state index is -3.38. The van der Waals surface area contributed by atoms with Crippen molar-refractivity contribution in [3.8, 4) is 17.4 Å². The van der Waals surface area contributed by atoms with Gasteiger partial charge in [0.2, 0.25) is 5.88 Å². The van der Waals surface area contributed by atoms with Crippen molar-refractivity contribution in [3.63, 3.8) is 0 Å². The summed E-state index contributed by atoms with van der Waals surface area (Å²) < 4.78 is 51.4. The van der Waals surface area contributed by atoms with Crippen molar-refractivity contribution in [2.24, 2.45) is 4.99 Å². The number of hydrogen-bond acceptors (Lipinski definition) is 11. The lowest BCUT2D eigenvalue weighted by molar-refractivity contribution is -0.141. The maximum Gasteiger partial charge on any atom is 0.303 e. The fourth-order valence-corrected chi connectivity index (χ4v) is 5.17. The molecule has 0 bridgehead atoms. The molecule has 2 aromatic heterocycles. The number of fused-ring (bicyclic) bond motifs is 1. The lowest BCUT2D eigenvalue weighted by atomic mass is 10.2. The van der Waals surface area contributed by atoms with Crippen LogP contribution in [0.5, 0.6) is 17.4 Å². The van der Waals surface area contributed by atoms with Crippen LogP contribution in [-0.4, -0.2) is 81.2 Å². The third-order valence-electron chi connectivity index (χ3n) is 5.18. The van der Waals surface area contributed by atoms with E-state index in [1.54, 1.807) is 26.4 Å². The molecule has 1 aliphatic rings. The molecule has 11 nitrogen and oxygen atoms in total. The summed E-state index contributed by atoms with van der Waals surface area (Å²) in [5.74, 6) is 0.785. The highest BCUT2D eigenvalue weighted by Crippen LogP contribution is 2.36. The van der Waals surface area contributed by atoms with Crippen LogP contribution in [-0.2, 0) is 28.8 Å². The summed E-state index contributed by atoms with van der Waals surface area (Å²) in [4.78, 5) is 23.4. The van der Waals surface area contributed by atoms with Crippen molar-refractivity contribution >= 4 is 43.5 Å². The van der Waals surface area contributed by atoms with Crippen LogP contribution >= 0.6 is 11.8 Å². The van der Waals surface area contributed by atoms with Gasteiger partial charge < -0.3 is 28.7 Å². The Morgan fingerprint density at radius 3 is 2.57 bits per heavy atom. The number of pyridine rings is 1. The minimum absolute atomic E-state index is 0.0958. The van der Waals surface area contributed by atoms with Crippen LogP contribution in [0, 0.1) is 0 Å². The van der Waals surface area contributed by atoms with E-state index in [2.05, 4.69) is 15.0 Å². The second-order valence-corrected chi connectivity index (χ2v) is 11.4. The van der Waals surface area contributed by atoms with Gasteiger partial charge in [-0.1, -0.05) is 11.8 Å². The molecule has 37 heavy (non-hydrogen) atoms. The van der Waals surface area contributed by atoms with E-state index in [4.69, 9.17) is 23.7 Å². The number of aliphatic imine (C=N–C) groups is 1. The third-order valence-corrected chi connectivity index (χ3v) is 7.36. The van der Waals surface area contributed by atoms with Gasteiger partial charge in [0, 0.05) is 51.1 Å². The number of carbonyl (C=O) groups excluding carboxylic acids is 1. The van der Waals surface area contributed by atoms with Crippen molar-refractivity contribution in [2.75, 3.05) is 40.2 Å². The van der Waals surface area contributed by atoms with Crippen molar-refractivity contribution < 1.29 is 36.9 Å². The lowest BCUT2D eigenvalue weighted by Gasteiger charge is -2.19. The molecule has 0 fully saturated rings. The zero-order chi connectivity index (χ0) is 26.6. The maximum absolute atomic E-state index is 11.7. The van der Waals surface area contributed by atoms with Crippen LogP contribution in [0.15, 0.2) is 46.4 Å². The number of aromatic amines is 1. The lowest BCUT2D eigenvalue weighted by Crippen LogP contribution is -2.27. The monoisotopic (exact) mass is 549 g/mol. The number of methoxy groups -OCH3 is 2. The normalized spacial score (nSPS) is 15.7. The van der Waals surface area contributed by atoms with Gasteiger partial charge in [-0.15, -0.1) is 0 Å². The minimum Gasteiger partial charge on any atom is -0.483 e. The first-order chi connectivity index (χ1) is 17.7. The number of aromatic nitrogens is 2. The Kier molecular flexibility index (Phi) is 8.37. The molecule has 198 valence electrons. The maximum atomic E-state index is 11.7. The molecule has 1 N–H and O–H groups in total. The van der Waals surface area contributed by atoms with E-state index >= 15 is 0 Å². The van der Waals surface area contributed by atoms with Crippen LogP contribution in [0.25, 0.3) is 10.9 Å². The number of nitrogens with one attached hydrogen (secondary N) is 1. The van der Waals surface area contributed by atoms with E-state index in [1.807, 2.05) is 6.07 Å². The Labute approximate surface area is 218 Å². The molecule has 1 unspecified atom stereocenters. The second kappa shape index (κ2) is 11.5. The number of esters is 1. The number of sulfone groups is 1. The molecule has 0 amide bonds. The van der Waals surface area contributed by atoms with Crippen molar-refractivity contribution in [3.05, 3.63) is 42.2 Å². The molecule has 3 aromatic rings. The fourth-order valence-electron chi connectivity index (χ4n) is 3.64. The Hall–Kier alpha value is -3.13. The molecule has 13 heteroatoms. The Morgan fingerprint density at radius 1 is 1.19 bits per heavy atom. The van der Waals surface area contributed by atoms with E-state index in [-0.39, 0.29) is 28.3 Å². The molecular formula is C24H27N3O8S2. The van der Waals surface area contributed by atoms with Gasteiger partial charge >= 0.3 is 5.97 Å². The van der Waals surface area contributed by atoms with Crippen molar-refractivity contribution in [1.82, 2.24) is 9.97 Å². The predicted molar refractivity (Wildman–Crippen MR) is 138 cm³/mol. The highest BCUT2D eigenvalue weighted by atomic mass is 32.2. The number of carbonyl (C=O) groups is 1. The summed E-state index contributed by atoms with van der Waals surface area (Å²) in [5, 5.41) is 1.49. The van der Waals surface area contributed by atoms with Crippen LogP contribution in [0.4, 0.5) is 0 Å². The second-order valence-electron chi connectivity index (χ2n) is 8.23. The zero-order valence-corrected chi connectivity index (χ0v) is 22.4. The summed E-state index contributed by atoms with van der Waals surface area (Å²) in [7, 11) is -0.219. The summed E-state index contributed by atoms with van der Waals surface area (Å²) in [5.41, 5.74) is 1.07. The number of nitrogens with zero attached hydrogens (tertiary/aromatic N) is 2. The van der Waals surface area contributed by atoms with E-state index < -0.39 is 9.84 Å². The van der Waals surface area contributed by atoms with Crippen LogP contribution in [0.1, 0.15) is 12.6 Å². The quantitative estimate of drug-likeness (QED) is 0.355. The summed E-state index contributed by atoms with van der Waals surface area (Å²) in [6, 6.07) is 8.34. The van der Waals surface area contributed by atoms with E-state index in [0.717, 1.165) is 17.3 Å². The number of ether oxygens (including phenoxy) is 5. The number of benzene rings is 1. The van der Waals surface area contributed by atoms with Crippen LogP contribution in [0.3, 0.4) is 0 Å². The average molecular weight is 550 g/mol. The largest absolute Gasteiger partial charge is 0.483 e. The first-order valence-corrected chi connectivity index (χ1v) is 14.0. The van der Waals surface area contributed by atoms with Gasteiger partial charge in [-0.25, -0.2) is 13.4 Å². The van der Waals surface area contributed by atoms with Gasteiger partial charge in [0.15, 0.2) is 15.3 Å². The number of hydrogen-bond donors (Lipinski definition) is 1. The third kappa shape index (κ3) is 6.80. The Morgan fingerprint density at radius 2 is 1.95 bits per heavy atom. The molecule has 1 atom stereocenters. The van der Waals surface area contributed by atoms with Gasteiger partial charge in [0.1, 0.15) is 22.6 Å². The summed E-state index contributed by atoms with van der Waals surface area (Å²) >= 11 is 1.36. The molecule has 0 radical (unpaired) electrons. The van der Waals surface area contributed by atoms with Crippen molar-refractivity contribution in [1.29, 1.82) is 0 Å². The highest BCUT2D eigenvalue weighted by Gasteiger charge is 2.25. The standard InChI is InChI=1S/C24H27N3O8S2/c1-14(28)33-22-11-26-24(36-22)19-8-15-7-16(35-21-6-5-18(10-25-21)37(4,29)30)9-20(23(15)27-19)34-17(12-31-2)13-32-3/h5-10,17,22,27H,11-13H2,1-4H3. The van der Waals surface area contributed by atoms with Crippen LogP contribution < -0.4 is 9.47 Å². The smallest absolute Gasteiger partial charge is 0.303 e. The highest BCUT2D eigenvalue weighted by molar-refractivity contribution is 8.15.